The maximum atomic E-state index is 12.1. The highest BCUT2D eigenvalue weighted by molar-refractivity contribution is 9.10. The van der Waals surface area contributed by atoms with Crippen LogP contribution in [-0.4, -0.2) is 23.4 Å². The van der Waals surface area contributed by atoms with E-state index in [0.717, 1.165) is 10.0 Å². The summed E-state index contributed by atoms with van der Waals surface area (Å²) in [5.41, 5.74) is -3.35. The summed E-state index contributed by atoms with van der Waals surface area (Å²) >= 11 is 3.32. The van der Waals surface area contributed by atoms with Gasteiger partial charge in [-0.2, -0.15) is 13.2 Å². The van der Waals surface area contributed by atoms with Crippen molar-refractivity contribution >= 4 is 27.7 Å². The van der Waals surface area contributed by atoms with E-state index in [1.807, 2.05) is 32.9 Å². The summed E-state index contributed by atoms with van der Waals surface area (Å²) in [7, 11) is 0. The lowest BCUT2D eigenvalue weighted by molar-refractivity contribution is -0.0329. The molecular formula is C14H19BrF3NOS. The van der Waals surface area contributed by atoms with Crippen molar-refractivity contribution in [3.05, 3.63) is 28.2 Å². The summed E-state index contributed by atoms with van der Waals surface area (Å²) < 4.78 is 42.5. The number of alkyl halides is 3. The summed E-state index contributed by atoms with van der Waals surface area (Å²) in [5, 5.41) is 3.33. The number of benzene rings is 1. The van der Waals surface area contributed by atoms with E-state index in [4.69, 9.17) is 4.74 Å². The van der Waals surface area contributed by atoms with Gasteiger partial charge in [0.1, 0.15) is 5.75 Å². The molecule has 1 N–H and O–H groups in total. The van der Waals surface area contributed by atoms with Gasteiger partial charge in [0.25, 0.3) is 0 Å². The van der Waals surface area contributed by atoms with Crippen molar-refractivity contribution in [2.75, 3.05) is 12.4 Å². The molecule has 2 nitrogen and oxygen atoms in total. The lowest BCUT2D eigenvalue weighted by atomic mass is 10.1. The Kier molecular flexibility index (Phi) is 6.87. The smallest absolute Gasteiger partial charge is 0.441 e. The van der Waals surface area contributed by atoms with Gasteiger partial charge in [0.2, 0.25) is 0 Å². The molecular weight excluding hydrogens is 367 g/mol. The first kappa shape index (κ1) is 18.6. The lowest BCUT2D eigenvalue weighted by Gasteiger charge is -2.22. The van der Waals surface area contributed by atoms with Crippen LogP contribution in [-0.2, 0) is 6.54 Å². The highest BCUT2D eigenvalue weighted by atomic mass is 79.9. The molecule has 0 aliphatic rings. The molecule has 0 aliphatic heterocycles. The molecule has 0 aliphatic carbocycles. The topological polar surface area (TPSA) is 21.3 Å². The van der Waals surface area contributed by atoms with E-state index in [1.165, 1.54) is 0 Å². The maximum absolute atomic E-state index is 12.1. The Morgan fingerprint density at radius 2 is 1.90 bits per heavy atom. The molecule has 21 heavy (non-hydrogen) atoms. The molecule has 0 saturated carbocycles. The number of hydrogen-bond acceptors (Lipinski definition) is 3. The molecule has 1 rings (SSSR count). The summed E-state index contributed by atoms with van der Waals surface area (Å²) in [6.45, 7) is 6.75. The molecule has 0 bridgehead atoms. The zero-order valence-corrected chi connectivity index (χ0v) is 14.6. The van der Waals surface area contributed by atoms with Crippen LogP contribution in [0.15, 0.2) is 22.7 Å². The van der Waals surface area contributed by atoms with E-state index < -0.39 is 5.51 Å². The molecule has 0 fully saturated rings. The summed E-state index contributed by atoms with van der Waals surface area (Å²) in [6, 6.07) is 5.49. The van der Waals surface area contributed by atoms with Crippen molar-refractivity contribution in [3.63, 3.8) is 0 Å². The highest BCUT2D eigenvalue weighted by Gasteiger charge is 2.27. The zero-order chi connectivity index (χ0) is 16.1. The van der Waals surface area contributed by atoms with Gasteiger partial charge >= 0.3 is 5.51 Å². The van der Waals surface area contributed by atoms with Gasteiger partial charge in [0.15, 0.2) is 0 Å². The van der Waals surface area contributed by atoms with Gasteiger partial charge < -0.3 is 10.1 Å². The predicted molar refractivity (Wildman–Crippen MR) is 84.7 cm³/mol. The molecule has 0 unspecified atom stereocenters. The predicted octanol–water partition coefficient (Wildman–Crippen LogP) is 4.97. The van der Waals surface area contributed by atoms with Crippen LogP contribution in [0.4, 0.5) is 13.2 Å². The van der Waals surface area contributed by atoms with Crippen LogP contribution >= 0.6 is 27.7 Å². The minimum absolute atomic E-state index is 0.0221. The van der Waals surface area contributed by atoms with Crippen molar-refractivity contribution in [2.45, 2.75) is 38.4 Å². The first-order valence-corrected chi connectivity index (χ1v) is 8.22. The average Bonchev–Trinajstić information content (AvgIpc) is 2.31. The van der Waals surface area contributed by atoms with E-state index in [-0.39, 0.29) is 29.7 Å². The van der Waals surface area contributed by atoms with E-state index in [2.05, 4.69) is 21.2 Å². The van der Waals surface area contributed by atoms with Crippen LogP contribution in [0.25, 0.3) is 0 Å². The van der Waals surface area contributed by atoms with E-state index in [9.17, 15) is 13.2 Å². The number of nitrogens with one attached hydrogen (secondary N) is 1. The maximum Gasteiger partial charge on any atom is 0.441 e. The van der Waals surface area contributed by atoms with Crippen LogP contribution in [0.3, 0.4) is 0 Å². The number of ether oxygens (including phenoxy) is 1. The van der Waals surface area contributed by atoms with Crippen LogP contribution in [0.2, 0.25) is 0 Å². The first-order chi connectivity index (χ1) is 9.57. The minimum atomic E-state index is -4.21. The van der Waals surface area contributed by atoms with E-state index in [0.29, 0.717) is 12.3 Å². The van der Waals surface area contributed by atoms with Crippen molar-refractivity contribution in [3.8, 4) is 5.75 Å². The Balaban J connectivity index is 2.60. The number of hydrogen-bond donors (Lipinski definition) is 1. The summed E-state index contributed by atoms with van der Waals surface area (Å²) in [5.74, 6) is 0.490. The molecule has 0 radical (unpaired) electrons. The van der Waals surface area contributed by atoms with Gasteiger partial charge in [0.05, 0.1) is 6.61 Å². The highest BCUT2D eigenvalue weighted by Crippen LogP contribution is 2.30. The molecule has 120 valence electrons. The Morgan fingerprint density at radius 1 is 1.24 bits per heavy atom. The number of thioether (sulfide) groups is 1. The van der Waals surface area contributed by atoms with E-state index in [1.54, 1.807) is 6.07 Å². The third-order valence-corrected chi connectivity index (χ3v) is 3.63. The molecule has 0 saturated heterocycles. The van der Waals surface area contributed by atoms with Gasteiger partial charge in [0, 0.05) is 27.9 Å². The van der Waals surface area contributed by atoms with Gasteiger partial charge in [-0.05, 0) is 50.7 Å². The largest absolute Gasteiger partial charge is 0.492 e. The fourth-order valence-corrected chi connectivity index (χ4v) is 2.30. The van der Waals surface area contributed by atoms with Gasteiger partial charge in [-0.25, -0.2) is 0 Å². The lowest BCUT2D eigenvalue weighted by Crippen LogP contribution is -2.35. The molecule has 0 aromatic heterocycles. The third-order valence-electron chi connectivity index (χ3n) is 2.44. The molecule has 0 amide bonds. The van der Waals surface area contributed by atoms with E-state index >= 15 is 0 Å². The molecule has 7 heteroatoms. The SMILES string of the molecule is CC(C)(C)NCc1cc(Br)ccc1OCCSC(F)(F)F. The van der Waals surface area contributed by atoms with Crippen LogP contribution in [0, 0.1) is 0 Å². The first-order valence-electron chi connectivity index (χ1n) is 6.44. The second-order valence-corrected chi connectivity index (χ2v) is 7.57. The third kappa shape index (κ3) is 8.58. The Hall–Kier alpha value is -0.400. The normalized spacial score (nSPS) is 12.5. The Labute approximate surface area is 136 Å². The quantitative estimate of drug-likeness (QED) is 0.698. The van der Waals surface area contributed by atoms with Crippen LogP contribution in [0.5, 0.6) is 5.75 Å². The zero-order valence-electron chi connectivity index (χ0n) is 12.2. The molecule has 0 spiro atoms. The van der Waals surface area contributed by atoms with Gasteiger partial charge in [-0.1, -0.05) is 15.9 Å². The minimum Gasteiger partial charge on any atom is -0.492 e. The van der Waals surface area contributed by atoms with Gasteiger partial charge in [-0.3, -0.25) is 0 Å². The van der Waals surface area contributed by atoms with Crippen molar-refractivity contribution in [2.24, 2.45) is 0 Å². The standard InChI is InChI=1S/C14H19BrF3NOS/c1-13(2,3)19-9-10-8-11(15)4-5-12(10)20-6-7-21-14(16,17)18/h4-5,8,19H,6-7,9H2,1-3H3. The Bertz CT molecular complexity index is 461. The fraction of sp³-hybridized carbons (Fsp3) is 0.571. The second kappa shape index (κ2) is 7.74. The van der Waals surface area contributed by atoms with Crippen molar-refractivity contribution in [1.29, 1.82) is 0 Å². The summed E-state index contributed by atoms with van der Waals surface area (Å²) in [6.07, 6.45) is 0. The molecule has 0 atom stereocenters. The molecule has 0 heterocycles. The van der Waals surface area contributed by atoms with Gasteiger partial charge in [-0.15, -0.1) is 0 Å². The Morgan fingerprint density at radius 3 is 2.48 bits per heavy atom. The number of halogens is 4. The van der Waals surface area contributed by atoms with Crippen LogP contribution < -0.4 is 10.1 Å². The molecule has 1 aromatic carbocycles. The monoisotopic (exact) mass is 385 g/mol. The van der Waals surface area contributed by atoms with Crippen molar-refractivity contribution < 1.29 is 17.9 Å². The number of rotatable bonds is 6. The second-order valence-electron chi connectivity index (χ2n) is 5.50. The van der Waals surface area contributed by atoms with Crippen molar-refractivity contribution in [1.82, 2.24) is 5.32 Å². The molecule has 1 aromatic rings. The summed E-state index contributed by atoms with van der Waals surface area (Å²) in [4.78, 5) is 0. The average molecular weight is 386 g/mol. The fourth-order valence-electron chi connectivity index (χ4n) is 1.50. The van der Waals surface area contributed by atoms with Crippen LogP contribution in [0.1, 0.15) is 26.3 Å².